The molecule has 0 bridgehead atoms. The fraction of sp³-hybridized carbons (Fsp3) is 0.250. The standard InChI is InChI=1S/C16H17BrFNO2/c1-9-6-11(17)7-15(21-3)16(9)19-10(2)13-8-12(18)4-5-14(13)20/h4-8,10,19-20H,1-3H3. The van der Waals surface area contributed by atoms with Gasteiger partial charge in [0.15, 0.2) is 0 Å². The number of hydrogen-bond donors (Lipinski definition) is 2. The van der Waals surface area contributed by atoms with Crippen LogP contribution in [0, 0.1) is 12.7 Å². The van der Waals surface area contributed by atoms with Gasteiger partial charge in [0.1, 0.15) is 17.3 Å². The van der Waals surface area contributed by atoms with Gasteiger partial charge in [-0.05, 0) is 49.7 Å². The Morgan fingerprint density at radius 1 is 1.29 bits per heavy atom. The number of aryl methyl sites for hydroxylation is 1. The minimum Gasteiger partial charge on any atom is -0.508 e. The summed E-state index contributed by atoms with van der Waals surface area (Å²) in [5.41, 5.74) is 2.31. The lowest BCUT2D eigenvalue weighted by Gasteiger charge is -2.21. The third kappa shape index (κ3) is 3.47. The van der Waals surface area contributed by atoms with Crippen LogP contribution < -0.4 is 10.1 Å². The van der Waals surface area contributed by atoms with E-state index in [1.807, 2.05) is 26.0 Å². The molecule has 0 spiro atoms. The van der Waals surface area contributed by atoms with Crippen molar-refractivity contribution in [3.05, 3.63) is 51.7 Å². The van der Waals surface area contributed by atoms with E-state index in [0.29, 0.717) is 11.3 Å². The highest BCUT2D eigenvalue weighted by Gasteiger charge is 2.15. The van der Waals surface area contributed by atoms with E-state index in [2.05, 4.69) is 21.2 Å². The molecule has 0 fully saturated rings. The highest BCUT2D eigenvalue weighted by atomic mass is 79.9. The van der Waals surface area contributed by atoms with Gasteiger partial charge in [-0.1, -0.05) is 15.9 Å². The molecule has 21 heavy (non-hydrogen) atoms. The predicted octanol–water partition coefficient (Wildman–Crippen LogP) is 4.78. The van der Waals surface area contributed by atoms with Gasteiger partial charge in [-0.3, -0.25) is 0 Å². The zero-order valence-corrected chi connectivity index (χ0v) is 13.7. The topological polar surface area (TPSA) is 41.5 Å². The van der Waals surface area contributed by atoms with Crippen molar-refractivity contribution in [2.75, 3.05) is 12.4 Å². The Morgan fingerprint density at radius 2 is 2.00 bits per heavy atom. The minimum absolute atomic E-state index is 0.0603. The summed E-state index contributed by atoms with van der Waals surface area (Å²) in [5.74, 6) is 0.366. The molecule has 2 N–H and O–H groups in total. The van der Waals surface area contributed by atoms with Crippen LogP contribution in [0.3, 0.4) is 0 Å². The Kier molecular flexibility index (Phi) is 4.73. The van der Waals surface area contributed by atoms with Crippen LogP contribution >= 0.6 is 15.9 Å². The average molecular weight is 354 g/mol. The Balaban J connectivity index is 2.35. The van der Waals surface area contributed by atoms with Gasteiger partial charge in [0.2, 0.25) is 0 Å². The van der Waals surface area contributed by atoms with Gasteiger partial charge in [0.05, 0.1) is 18.8 Å². The molecule has 112 valence electrons. The SMILES string of the molecule is COc1cc(Br)cc(C)c1NC(C)c1cc(F)ccc1O. The maximum absolute atomic E-state index is 13.4. The summed E-state index contributed by atoms with van der Waals surface area (Å²) in [6.07, 6.45) is 0. The van der Waals surface area contributed by atoms with Crippen molar-refractivity contribution >= 4 is 21.6 Å². The molecule has 0 aromatic heterocycles. The van der Waals surface area contributed by atoms with Crippen molar-refractivity contribution in [1.82, 2.24) is 0 Å². The Bertz CT molecular complexity index is 661. The first-order valence-electron chi connectivity index (χ1n) is 6.51. The van der Waals surface area contributed by atoms with E-state index < -0.39 is 0 Å². The zero-order chi connectivity index (χ0) is 15.6. The van der Waals surface area contributed by atoms with Gasteiger partial charge in [-0.2, -0.15) is 0 Å². The van der Waals surface area contributed by atoms with Gasteiger partial charge < -0.3 is 15.2 Å². The lowest BCUT2D eigenvalue weighted by atomic mass is 10.1. The van der Waals surface area contributed by atoms with Gasteiger partial charge in [0, 0.05) is 10.0 Å². The van der Waals surface area contributed by atoms with Crippen molar-refractivity contribution < 1.29 is 14.2 Å². The van der Waals surface area contributed by atoms with Crippen molar-refractivity contribution in [3.63, 3.8) is 0 Å². The van der Waals surface area contributed by atoms with Crippen LogP contribution in [0.4, 0.5) is 10.1 Å². The fourth-order valence-electron chi connectivity index (χ4n) is 2.22. The molecule has 0 heterocycles. The van der Waals surface area contributed by atoms with Crippen LogP contribution in [0.25, 0.3) is 0 Å². The third-order valence-electron chi connectivity index (χ3n) is 3.30. The third-order valence-corrected chi connectivity index (χ3v) is 3.76. The molecular weight excluding hydrogens is 337 g/mol. The van der Waals surface area contributed by atoms with Crippen LogP contribution in [0.5, 0.6) is 11.5 Å². The summed E-state index contributed by atoms with van der Waals surface area (Å²) < 4.78 is 19.6. The second-order valence-corrected chi connectivity index (χ2v) is 5.78. The molecule has 0 aliphatic heterocycles. The number of methoxy groups -OCH3 is 1. The molecule has 2 aromatic rings. The van der Waals surface area contributed by atoms with E-state index in [4.69, 9.17) is 4.74 Å². The number of hydrogen-bond acceptors (Lipinski definition) is 3. The number of anilines is 1. The molecule has 2 aromatic carbocycles. The zero-order valence-electron chi connectivity index (χ0n) is 12.1. The van der Waals surface area contributed by atoms with Crippen LogP contribution in [-0.4, -0.2) is 12.2 Å². The van der Waals surface area contributed by atoms with Crippen LogP contribution in [-0.2, 0) is 0 Å². The Labute approximate surface area is 131 Å². The van der Waals surface area contributed by atoms with E-state index >= 15 is 0 Å². The average Bonchev–Trinajstić information content (AvgIpc) is 2.43. The van der Waals surface area contributed by atoms with Crippen molar-refractivity contribution in [2.24, 2.45) is 0 Å². The second kappa shape index (κ2) is 6.35. The summed E-state index contributed by atoms with van der Waals surface area (Å²) in [5, 5.41) is 13.1. The van der Waals surface area contributed by atoms with E-state index in [1.165, 1.54) is 18.2 Å². The number of benzene rings is 2. The van der Waals surface area contributed by atoms with Gasteiger partial charge >= 0.3 is 0 Å². The van der Waals surface area contributed by atoms with E-state index in [1.54, 1.807) is 7.11 Å². The molecule has 5 heteroatoms. The maximum atomic E-state index is 13.4. The maximum Gasteiger partial charge on any atom is 0.143 e. The summed E-state index contributed by atoms with van der Waals surface area (Å²) in [6.45, 7) is 3.81. The minimum atomic E-state index is -0.379. The molecule has 3 nitrogen and oxygen atoms in total. The van der Waals surface area contributed by atoms with E-state index in [0.717, 1.165) is 15.7 Å². The molecule has 0 radical (unpaired) electrons. The molecule has 1 unspecified atom stereocenters. The van der Waals surface area contributed by atoms with Crippen LogP contribution in [0.1, 0.15) is 24.1 Å². The number of phenols is 1. The summed E-state index contributed by atoms with van der Waals surface area (Å²) in [6, 6.07) is 7.46. The highest BCUT2D eigenvalue weighted by molar-refractivity contribution is 9.10. The number of aromatic hydroxyl groups is 1. The number of ether oxygens (including phenoxy) is 1. The van der Waals surface area contributed by atoms with Crippen LogP contribution in [0.2, 0.25) is 0 Å². The second-order valence-electron chi connectivity index (χ2n) is 4.87. The van der Waals surface area contributed by atoms with Crippen molar-refractivity contribution in [2.45, 2.75) is 19.9 Å². The molecular formula is C16H17BrFNO2. The van der Waals surface area contributed by atoms with Crippen LogP contribution in [0.15, 0.2) is 34.8 Å². The lowest BCUT2D eigenvalue weighted by Crippen LogP contribution is -2.09. The fourth-order valence-corrected chi connectivity index (χ4v) is 2.78. The first-order valence-corrected chi connectivity index (χ1v) is 7.30. The molecule has 0 aliphatic carbocycles. The highest BCUT2D eigenvalue weighted by Crippen LogP contribution is 2.36. The molecule has 1 atom stereocenters. The number of nitrogens with one attached hydrogen (secondary N) is 1. The summed E-state index contributed by atoms with van der Waals surface area (Å²) >= 11 is 3.42. The Hall–Kier alpha value is -1.75. The largest absolute Gasteiger partial charge is 0.508 e. The molecule has 0 saturated heterocycles. The number of halogens is 2. The number of rotatable bonds is 4. The van der Waals surface area contributed by atoms with E-state index in [-0.39, 0.29) is 17.6 Å². The summed E-state index contributed by atoms with van der Waals surface area (Å²) in [4.78, 5) is 0. The quantitative estimate of drug-likeness (QED) is 0.830. The van der Waals surface area contributed by atoms with Crippen molar-refractivity contribution in [1.29, 1.82) is 0 Å². The Morgan fingerprint density at radius 3 is 2.67 bits per heavy atom. The predicted molar refractivity (Wildman–Crippen MR) is 85.5 cm³/mol. The molecule has 0 amide bonds. The first-order chi connectivity index (χ1) is 9.92. The first kappa shape index (κ1) is 15.6. The monoisotopic (exact) mass is 353 g/mol. The lowest BCUT2D eigenvalue weighted by molar-refractivity contribution is 0.415. The molecule has 0 saturated carbocycles. The summed E-state index contributed by atoms with van der Waals surface area (Å²) in [7, 11) is 1.59. The van der Waals surface area contributed by atoms with Gasteiger partial charge in [-0.15, -0.1) is 0 Å². The molecule has 2 rings (SSSR count). The normalized spacial score (nSPS) is 12.0. The smallest absolute Gasteiger partial charge is 0.143 e. The number of phenolic OH excluding ortho intramolecular Hbond substituents is 1. The van der Waals surface area contributed by atoms with E-state index in [9.17, 15) is 9.50 Å². The van der Waals surface area contributed by atoms with Crippen molar-refractivity contribution in [3.8, 4) is 11.5 Å². The molecule has 0 aliphatic rings. The van der Waals surface area contributed by atoms with Gasteiger partial charge in [-0.25, -0.2) is 4.39 Å². The van der Waals surface area contributed by atoms with Gasteiger partial charge in [0.25, 0.3) is 0 Å².